The Morgan fingerprint density at radius 2 is 1.92 bits per heavy atom. The first-order chi connectivity index (χ1) is 12.4. The van der Waals surface area contributed by atoms with Gasteiger partial charge in [0, 0.05) is 10.7 Å². The molecule has 0 aromatic heterocycles. The summed E-state index contributed by atoms with van der Waals surface area (Å²) >= 11 is 6.21. The zero-order valence-corrected chi connectivity index (χ0v) is 14.5. The van der Waals surface area contributed by atoms with Gasteiger partial charge < -0.3 is 25.5 Å². The Labute approximate surface area is 154 Å². The van der Waals surface area contributed by atoms with Crippen molar-refractivity contribution in [1.82, 2.24) is 5.32 Å². The second-order valence-corrected chi connectivity index (χ2v) is 5.84. The summed E-state index contributed by atoms with van der Waals surface area (Å²) in [5.41, 5.74) is 0.607. The van der Waals surface area contributed by atoms with Crippen molar-refractivity contribution in [2.75, 3.05) is 13.2 Å². The van der Waals surface area contributed by atoms with Crippen molar-refractivity contribution in [2.45, 2.75) is 12.8 Å². The molecular formula is C17H17ClN2O6. The van der Waals surface area contributed by atoms with Crippen LogP contribution in [0.4, 0.5) is 0 Å². The average molecular weight is 381 g/mol. The van der Waals surface area contributed by atoms with Crippen LogP contribution in [0.25, 0.3) is 0 Å². The molecule has 4 N–H and O–H groups in total. The number of nitrogens with zero attached hydrogens (tertiary/aromatic N) is 1. The molecule has 0 saturated heterocycles. The van der Waals surface area contributed by atoms with Gasteiger partial charge in [0.1, 0.15) is 0 Å². The third kappa shape index (κ3) is 4.04. The molecule has 8 nitrogen and oxygen atoms in total. The highest BCUT2D eigenvalue weighted by Gasteiger charge is 2.38. The van der Waals surface area contributed by atoms with E-state index in [1.54, 1.807) is 31.2 Å². The number of benzene rings is 1. The molecule has 9 heteroatoms. The fourth-order valence-electron chi connectivity index (χ4n) is 2.81. The largest absolute Gasteiger partial charge is 0.478 e. The molecule has 0 radical (unpaired) electrons. The number of halogens is 1. The zero-order valence-electron chi connectivity index (χ0n) is 13.8. The summed E-state index contributed by atoms with van der Waals surface area (Å²) in [7, 11) is 0. The van der Waals surface area contributed by atoms with Gasteiger partial charge in [-0.15, -0.1) is 0 Å². The molecule has 0 bridgehead atoms. The summed E-state index contributed by atoms with van der Waals surface area (Å²) in [4.78, 5) is 23.7. The van der Waals surface area contributed by atoms with Crippen LogP contribution in [0.1, 0.15) is 18.4 Å². The number of aliphatic carboxylic acids is 2. The van der Waals surface area contributed by atoms with E-state index in [4.69, 9.17) is 21.5 Å². The molecule has 0 spiro atoms. The van der Waals surface area contributed by atoms with Crippen LogP contribution in [-0.2, 0) is 14.3 Å². The number of hydrogen-bond donors (Lipinski definition) is 4. The van der Waals surface area contributed by atoms with Crippen molar-refractivity contribution < 1.29 is 29.7 Å². The molecule has 26 heavy (non-hydrogen) atoms. The molecule has 1 aromatic carbocycles. The van der Waals surface area contributed by atoms with Crippen molar-refractivity contribution >= 4 is 29.8 Å². The summed E-state index contributed by atoms with van der Waals surface area (Å²) in [6, 6.07) is 6.49. The summed E-state index contributed by atoms with van der Waals surface area (Å²) in [6.45, 7) is 1.36. The third-order valence-electron chi connectivity index (χ3n) is 3.84. The maximum atomic E-state index is 11.9. The highest BCUT2D eigenvalue weighted by molar-refractivity contribution is 6.31. The van der Waals surface area contributed by atoms with Gasteiger partial charge in [-0.25, -0.2) is 9.59 Å². The van der Waals surface area contributed by atoms with Crippen LogP contribution in [0.3, 0.4) is 0 Å². The first-order valence-electron chi connectivity index (χ1n) is 7.54. The maximum Gasteiger partial charge on any atom is 0.334 e. The van der Waals surface area contributed by atoms with Crippen LogP contribution in [0.2, 0.25) is 5.02 Å². The summed E-state index contributed by atoms with van der Waals surface area (Å²) in [6.07, 6.45) is 1.10. The van der Waals surface area contributed by atoms with Gasteiger partial charge >= 0.3 is 11.9 Å². The molecule has 0 fully saturated rings. The second kappa shape index (κ2) is 8.50. The fourth-order valence-corrected chi connectivity index (χ4v) is 3.06. The molecule has 1 aliphatic rings. The molecule has 0 aliphatic carbocycles. The van der Waals surface area contributed by atoms with Crippen LogP contribution in [0.15, 0.2) is 52.0 Å². The summed E-state index contributed by atoms with van der Waals surface area (Å²) < 4.78 is 5.26. The lowest BCUT2D eigenvalue weighted by Gasteiger charge is -2.30. The van der Waals surface area contributed by atoms with Crippen molar-refractivity contribution in [3.63, 3.8) is 0 Å². The number of hydrogen-bond acceptors (Lipinski definition) is 6. The second-order valence-electron chi connectivity index (χ2n) is 5.43. The molecule has 0 amide bonds. The average Bonchev–Trinajstić information content (AvgIpc) is 2.57. The standard InChI is InChI=1S/C17H17ClN2O6/c1-9-13(16(21)22)14(10-4-2-3-5-11(10)18)15(17(23)24)12(20-9)8-26-7-6-19-25/h2-6,14,20,25H,7-8H2,1H3,(H,21,22)(H,23,24). The van der Waals surface area contributed by atoms with E-state index in [9.17, 15) is 19.8 Å². The van der Waals surface area contributed by atoms with Crippen LogP contribution in [-0.4, -0.2) is 46.8 Å². The lowest BCUT2D eigenvalue weighted by Crippen LogP contribution is -2.33. The van der Waals surface area contributed by atoms with E-state index in [1.807, 2.05) is 0 Å². The van der Waals surface area contributed by atoms with Gasteiger partial charge in [0.15, 0.2) is 0 Å². The molecule has 1 heterocycles. The first kappa shape index (κ1) is 19.5. The maximum absolute atomic E-state index is 11.9. The summed E-state index contributed by atoms with van der Waals surface area (Å²) in [5.74, 6) is -3.60. The predicted molar refractivity (Wildman–Crippen MR) is 93.4 cm³/mol. The molecule has 138 valence electrons. The Kier molecular flexibility index (Phi) is 6.37. The highest BCUT2D eigenvalue weighted by Crippen LogP contribution is 2.40. The van der Waals surface area contributed by atoms with Gasteiger partial charge in [-0.2, -0.15) is 0 Å². The Hall–Kier alpha value is -2.84. The van der Waals surface area contributed by atoms with Gasteiger partial charge in [0.25, 0.3) is 0 Å². The van der Waals surface area contributed by atoms with E-state index < -0.39 is 17.9 Å². The number of carboxylic acids is 2. The third-order valence-corrected chi connectivity index (χ3v) is 4.19. The molecule has 0 saturated carbocycles. The van der Waals surface area contributed by atoms with Crippen LogP contribution in [0, 0.1) is 0 Å². The molecular weight excluding hydrogens is 364 g/mol. The van der Waals surface area contributed by atoms with Gasteiger partial charge in [-0.3, -0.25) is 0 Å². The van der Waals surface area contributed by atoms with E-state index >= 15 is 0 Å². The van der Waals surface area contributed by atoms with E-state index in [0.717, 1.165) is 6.21 Å². The highest BCUT2D eigenvalue weighted by atomic mass is 35.5. The lowest BCUT2D eigenvalue weighted by molar-refractivity contribution is -0.133. The predicted octanol–water partition coefficient (Wildman–Crippen LogP) is 2.20. The Bertz CT molecular complexity index is 815. The summed E-state index contributed by atoms with van der Waals surface area (Å²) in [5, 5.41) is 33.6. The number of allylic oxidation sites excluding steroid dienone is 1. The lowest BCUT2D eigenvalue weighted by atomic mass is 9.80. The van der Waals surface area contributed by atoms with E-state index in [0.29, 0.717) is 11.3 Å². The van der Waals surface area contributed by atoms with E-state index in [1.165, 1.54) is 0 Å². The monoisotopic (exact) mass is 380 g/mol. The SMILES string of the molecule is CC1=C(C(=O)O)C(c2ccccc2Cl)C(C(=O)O)=C(COCC=NO)N1. The molecule has 1 aromatic rings. The zero-order chi connectivity index (χ0) is 19.3. The number of ether oxygens (including phenoxy) is 1. The van der Waals surface area contributed by atoms with Crippen LogP contribution in [0.5, 0.6) is 0 Å². The minimum absolute atomic E-state index is 0.0418. The van der Waals surface area contributed by atoms with Crippen molar-refractivity contribution in [3.8, 4) is 0 Å². The number of oxime groups is 1. The van der Waals surface area contributed by atoms with Crippen molar-refractivity contribution in [3.05, 3.63) is 57.4 Å². The van der Waals surface area contributed by atoms with Crippen molar-refractivity contribution in [1.29, 1.82) is 0 Å². The van der Waals surface area contributed by atoms with Gasteiger partial charge in [-0.1, -0.05) is 35.0 Å². The quantitative estimate of drug-likeness (QED) is 0.247. The number of rotatable bonds is 7. The topological polar surface area (TPSA) is 128 Å². The minimum atomic E-state index is -1.29. The minimum Gasteiger partial charge on any atom is -0.478 e. The smallest absolute Gasteiger partial charge is 0.334 e. The van der Waals surface area contributed by atoms with Gasteiger partial charge in [-0.05, 0) is 18.6 Å². The fraction of sp³-hybridized carbons (Fsp3) is 0.235. The molecule has 2 rings (SSSR count). The van der Waals surface area contributed by atoms with E-state index in [-0.39, 0.29) is 35.1 Å². The van der Waals surface area contributed by atoms with E-state index in [2.05, 4.69) is 10.5 Å². The number of carboxylic acid groups (broad SMARTS) is 2. The van der Waals surface area contributed by atoms with Crippen LogP contribution < -0.4 is 5.32 Å². The normalized spacial score (nSPS) is 17.5. The molecule has 1 atom stereocenters. The molecule has 1 aliphatic heterocycles. The van der Waals surface area contributed by atoms with Crippen molar-refractivity contribution in [2.24, 2.45) is 5.16 Å². The number of dihydropyridines is 1. The number of carbonyl (C=O) groups is 2. The molecule has 1 unspecified atom stereocenters. The van der Waals surface area contributed by atoms with Crippen LogP contribution >= 0.6 is 11.6 Å². The number of nitrogens with one attached hydrogen (secondary N) is 1. The Morgan fingerprint density at radius 1 is 1.27 bits per heavy atom. The first-order valence-corrected chi connectivity index (χ1v) is 7.91. The Balaban J connectivity index is 2.58. The van der Waals surface area contributed by atoms with Gasteiger partial charge in [0.2, 0.25) is 0 Å². The van der Waals surface area contributed by atoms with Gasteiger partial charge in [0.05, 0.1) is 42.2 Å². The Morgan fingerprint density at radius 3 is 2.50 bits per heavy atom.